The van der Waals surface area contributed by atoms with Crippen LogP contribution in [0.2, 0.25) is 0 Å². The van der Waals surface area contributed by atoms with Crippen LogP contribution < -0.4 is 0 Å². The molecule has 0 spiro atoms. The second kappa shape index (κ2) is 6.01. The number of aliphatic hydroxyl groups excluding tert-OH is 1. The SMILES string of the molecule is CC(C)(C(O)Cc1sccc1Br)N1CCOCC1. The van der Waals surface area contributed by atoms with Gasteiger partial charge in [0.05, 0.1) is 19.3 Å². The third-order valence-electron chi connectivity index (χ3n) is 3.71. The van der Waals surface area contributed by atoms with Gasteiger partial charge in [0, 0.05) is 34.4 Å². The van der Waals surface area contributed by atoms with Crippen LogP contribution in [0.1, 0.15) is 18.7 Å². The molecule has 5 heteroatoms. The van der Waals surface area contributed by atoms with Crippen molar-refractivity contribution in [3.63, 3.8) is 0 Å². The van der Waals surface area contributed by atoms with Crippen molar-refractivity contribution in [2.45, 2.75) is 31.9 Å². The largest absolute Gasteiger partial charge is 0.391 e. The second-order valence-corrected chi connectivity index (χ2v) is 7.02. The van der Waals surface area contributed by atoms with E-state index in [1.807, 2.05) is 11.4 Å². The number of hydrogen-bond acceptors (Lipinski definition) is 4. The third kappa shape index (κ3) is 3.14. The average Bonchev–Trinajstić information content (AvgIpc) is 2.76. The molecular weight excluding hydrogens is 314 g/mol. The Bertz CT molecular complexity index is 388. The van der Waals surface area contributed by atoms with Crippen molar-refractivity contribution in [3.05, 3.63) is 20.8 Å². The van der Waals surface area contributed by atoms with Crippen LogP contribution in [0.5, 0.6) is 0 Å². The van der Waals surface area contributed by atoms with E-state index in [0.29, 0.717) is 6.42 Å². The third-order valence-corrected chi connectivity index (χ3v) is 5.66. The van der Waals surface area contributed by atoms with E-state index in [9.17, 15) is 5.11 Å². The van der Waals surface area contributed by atoms with Gasteiger partial charge in [-0.25, -0.2) is 0 Å². The Morgan fingerprint density at radius 1 is 1.50 bits per heavy atom. The molecule has 0 amide bonds. The quantitative estimate of drug-likeness (QED) is 0.918. The zero-order valence-electron chi connectivity index (χ0n) is 10.9. The van der Waals surface area contributed by atoms with Crippen molar-refractivity contribution in [1.29, 1.82) is 0 Å². The minimum absolute atomic E-state index is 0.215. The highest BCUT2D eigenvalue weighted by Crippen LogP contribution is 2.29. The van der Waals surface area contributed by atoms with Gasteiger partial charge in [-0.2, -0.15) is 0 Å². The zero-order valence-corrected chi connectivity index (χ0v) is 13.3. The number of rotatable bonds is 4. The van der Waals surface area contributed by atoms with Crippen molar-refractivity contribution >= 4 is 27.3 Å². The molecule has 2 rings (SSSR count). The Hall–Kier alpha value is 0.0600. The molecule has 1 fully saturated rings. The van der Waals surface area contributed by atoms with Gasteiger partial charge >= 0.3 is 0 Å². The smallest absolute Gasteiger partial charge is 0.0767 e. The van der Waals surface area contributed by atoms with Crippen LogP contribution in [0.3, 0.4) is 0 Å². The van der Waals surface area contributed by atoms with E-state index < -0.39 is 0 Å². The van der Waals surface area contributed by atoms with Crippen molar-refractivity contribution < 1.29 is 9.84 Å². The Morgan fingerprint density at radius 2 is 2.17 bits per heavy atom. The van der Waals surface area contributed by atoms with Crippen LogP contribution in [0.25, 0.3) is 0 Å². The molecule has 1 aromatic rings. The van der Waals surface area contributed by atoms with Crippen molar-refractivity contribution in [2.24, 2.45) is 0 Å². The molecule has 0 radical (unpaired) electrons. The van der Waals surface area contributed by atoms with Crippen molar-refractivity contribution in [2.75, 3.05) is 26.3 Å². The van der Waals surface area contributed by atoms with Crippen molar-refractivity contribution in [3.8, 4) is 0 Å². The molecule has 0 bridgehead atoms. The van der Waals surface area contributed by atoms with Gasteiger partial charge in [0.25, 0.3) is 0 Å². The van der Waals surface area contributed by atoms with Crippen LogP contribution in [0.4, 0.5) is 0 Å². The van der Waals surface area contributed by atoms with Gasteiger partial charge in [0.15, 0.2) is 0 Å². The highest BCUT2D eigenvalue weighted by molar-refractivity contribution is 9.10. The Balaban J connectivity index is 2.02. The molecule has 1 aliphatic heterocycles. The monoisotopic (exact) mass is 333 g/mol. The zero-order chi connectivity index (χ0) is 13.2. The van der Waals surface area contributed by atoms with Crippen LogP contribution in [0, 0.1) is 0 Å². The first-order chi connectivity index (χ1) is 8.51. The fraction of sp³-hybridized carbons (Fsp3) is 0.692. The predicted octanol–water partition coefficient (Wildman–Crippen LogP) is 2.52. The summed E-state index contributed by atoms with van der Waals surface area (Å²) < 4.78 is 6.47. The van der Waals surface area contributed by atoms with Gasteiger partial charge in [-0.1, -0.05) is 0 Å². The minimum Gasteiger partial charge on any atom is -0.391 e. The average molecular weight is 334 g/mol. The first-order valence-corrected chi connectivity index (χ1v) is 7.92. The number of aliphatic hydroxyl groups is 1. The normalized spacial score (nSPS) is 20.0. The highest BCUT2D eigenvalue weighted by Gasteiger charge is 2.35. The van der Waals surface area contributed by atoms with E-state index in [0.717, 1.165) is 30.8 Å². The summed E-state index contributed by atoms with van der Waals surface area (Å²) in [7, 11) is 0. The number of morpholine rings is 1. The fourth-order valence-corrected chi connectivity index (χ4v) is 3.80. The molecule has 3 nitrogen and oxygen atoms in total. The number of halogens is 1. The molecule has 0 aromatic carbocycles. The molecule has 1 unspecified atom stereocenters. The minimum atomic E-state index is -0.370. The second-order valence-electron chi connectivity index (χ2n) is 5.16. The molecule has 1 atom stereocenters. The predicted molar refractivity (Wildman–Crippen MR) is 78.2 cm³/mol. The van der Waals surface area contributed by atoms with E-state index in [1.54, 1.807) is 11.3 Å². The maximum atomic E-state index is 10.5. The van der Waals surface area contributed by atoms with Crippen LogP contribution in [-0.2, 0) is 11.2 Å². The molecule has 2 heterocycles. The summed E-state index contributed by atoms with van der Waals surface area (Å²) in [5.41, 5.74) is -0.215. The first-order valence-electron chi connectivity index (χ1n) is 6.24. The summed E-state index contributed by atoms with van der Waals surface area (Å²) >= 11 is 5.21. The maximum absolute atomic E-state index is 10.5. The summed E-state index contributed by atoms with van der Waals surface area (Å²) in [4.78, 5) is 3.53. The van der Waals surface area contributed by atoms with Crippen LogP contribution >= 0.6 is 27.3 Å². The molecular formula is C13H20BrNO2S. The number of hydrogen-bond donors (Lipinski definition) is 1. The lowest BCUT2D eigenvalue weighted by Gasteiger charge is -2.43. The molecule has 18 heavy (non-hydrogen) atoms. The standard InChI is InChI=1S/C13H20BrNO2S/c1-13(2,15-4-6-17-7-5-15)12(16)9-11-10(14)3-8-18-11/h3,8,12,16H,4-7,9H2,1-2H3. The van der Waals surface area contributed by atoms with Gasteiger partial charge in [0.2, 0.25) is 0 Å². The molecule has 102 valence electrons. The summed E-state index contributed by atoms with van der Waals surface area (Å²) in [5, 5.41) is 12.6. The van der Waals surface area contributed by atoms with E-state index in [1.165, 1.54) is 4.88 Å². The van der Waals surface area contributed by atoms with Gasteiger partial charge in [-0.05, 0) is 41.2 Å². The topological polar surface area (TPSA) is 32.7 Å². The molecule has 1 aliphatic rings. The Kier molecular flexibility index (Phi) is 4.83. The van der Waals surface area contributed by atoms with E-state index in [4.69, 9.17) is 4.74 Å². The van der Waals surface area contributed by atoms with Crippen molar-refractivity contribution in [1.82, 2.24) is 4.90 Å². The molecule has 1 saturated heterocycles. The summed E-state index contributed by atoms with van der Waals surface area (Å²) in [6.07, 6.45) is 0.327. The summed E-state index contributed by atoms with van der Waals surface area (Å²) in [6, 6.07) is 2.04. The fourth-order valence-electron chi connectivity index (χ4n) is 2.25. The first kappa shape index (κ1) is 14.5. The lowest BCUT2D eigenvalue weighted by Crippen LogP contribution is -2.56. The summed E-state index contributed by atoms with van der Waals surface area (Å²) in [6.45, 7) is 7.55. The Morgan fingerprint density at radius 3 is 2.72 bits per heavy atom. The molecule has 1 aromatic heterocycles. The van der Waals surface area contributed by atoms with E-state index in [2.05, 4.69) is 34.7 Å². The maximum Gasteiger partial charge on any atom is 0.0767 e. The van der Waals surface area contributed by atoms with Gasteiger partial charge < -0.3 is 9.84 Å². The number of ether oxygens (including phenoxy) is 1. The highest BCUT2D eigenvalue weighted by atomic mass is 79.9. The van der Waals surface area contributed by atoms with Crippen LogP contribution in [0.15, 0.2) is 15.9 Å². The molecule has 1 N–H and O–H groups in total. The Labute approximate surface area is 121 Å². The van der Waals surface area contributed by atoms with Gasteiger partial charge in [-0.15, -0.1) is 11.3 Å². The molecule has 0 aliphatic carbocycles. The van der Waals surface area contributed by atoms with Crippen LogP contribution in [-0.4, -0.2) is 48.0 Å². The lowest BCUT2D eigenvalue weighted by molar-refractivity contribution is -0.0610. The number of thiophene rings is 1. The van der Waals surface area contributed by atoms with E-state index in [-0.39, 0.29) is 11.6 Å². The van der Waals surface area contributed by atoms with Gasteiger partial charge in [-0.3, -0.25) is 4.90 Å². The summed E-state index contributed by atoms with van der Waals surface area (Å²) in [5.74, 6) is 0. The molecule has 0 saturated carbocycles. The van der Waals surface area contributed by atoms with E-state index >= 15 is 0 Å². The lowest BCUT2D eigenvalue weighted by atomic mass is 9.91. The number of nitrogens with zero attached hydrogens (tertiary/aromatic N) is 1. The van der Waals surface area contributed by atoms with Gasteiger partial charge in [0.1, 0.15) is 0 Å².